The fourth-order valence-corrected chi connectivity index (χ4v) is 3.81. The molecule has 1 heterocycles. The molecule has 0 fully saturated rings. The Morgan fingerprint density at radius 2 is 1.63 bits per heavy atom. The number of esters is 2. The third kappa shape index (κ3) is 4.08. The van der Waals surface area contributed by atoms with Gasteiger partial charge in [-0.3, -0.25) is 9.59 Å². The van der Waals surface area contributed by atoms with Crippen molar-refractivity contribution in [2.75, 3.05) is 7.11 Å². The number of hydrogen-bond acceptors (Lipinski definition) is 5. The molecule has 158 valence electrons. The van der Waals surface area contributed by atoms with Crippen LogP contribution in [0.15, 0.2) is 54.6 Å². The van der Waals surface area contributed by atoms with Gasteiger partial charge in [0.15, 0.2) is 5.54 Å². The molecule has 6 heteroatoms. The van der Waals surface area contributed by atoms with Crippen molar-refractivity contribution in [2.45, 2.75) is 51.3 Å². The van der Waals surface area contributed by atoms with Crippen molar-refractivity contribution in [1.82, 2.24) is 4.90 Å². The highest BCUT2D eigenvalue weighted by Gasteiger charge is 2.56. The zero-order valence-electron chi connectivity index (χ0n) is 17.8. The Morgan fingerprint density at radius 1 is 1.00 bits per heavy atom. The molecule has 1 atom stereocenters. The summed E-state index contributed by atoms with van der Waals surface area (Å²) in [7, 11) is 1.30. The Bertz CT molecular complexity index is 948. The van der Waals surface area contributed by atoms with Crippen LogP contribution in [0.25, 0.3) is 0 Å². The van der Waals surface area contributed by atoms with Crippen LogP contribution in [0.2, 0.25) is 0 Å². The standard InChI is InChI=1S/C24H27NO5/c1-23(2,3)30-22(28)24(15-14-20(26)29-4)19-13-9-8-12-18(19)21(27)25(24)16-17-10-6-5-7-11-17/h5-13H,14-16H2,1-4H3. The third-order valence-corrected chi connectivity index (χ3v) is 5.15. The van der Waals surface area contributed by atoms with E-state index < -0.39 is 23.1 Å². The number of fused-ring (bicyclic) bond motifs is 1. The van der Waals surface area contributed by atoms with Gasteiger partial charge in [-0.05, 0) is 38.8 Å². The van der Waals surface area contributed by atoms with E-state index >= 15 is 0 Å². The van der Waals surface area contributed by atoms with E-state index in [1.54, 1.807) is 45.0 Å². The predicted molar refractivity (Wildman–Crippen MR) is 112 cm³/mol. The predicted octanol–water partition coefficient (Wildman–Crippen LogP) is 3.83. The first-order valence-electron chi connectivity index (χ1n) is 9.95. The Labute approximate surface area is 176 Å². The normalized spacial score (nSPS) is 18.1. The maximum atomic E-state index is 13.6. The van der Waals surface area contributed by atoms with E-state index in [0.717, 1.165) is 5.56 Å². The first kappa shape index (κ1) is 21.6. The largest absolute Gasteiger partial charge is 0.469 e. The molecule has 6 nitrogen and oxygen atoms in total. The Hall–Kier alpha value is -3.15. The molecule has 1 unspecified atom stereocenters. The van der Waals surface area contributed by atoms with Crippen LogP contribution >= 0.6 is 0 Å². The molecular formula is C24H27NO5. The number of hydrogen-bond donors (Lipinski definition) is 0. The molecule has 0 bridgehead atoms. The van der Waals surface area contributed by atoms with Gasteiger partial charge in [0.2, 0.25) is 0 Å². The molecule has 0 saturated heterocycles. The number of carbonyl (C=O) groups excluding carboxylic acids is 3. The van der Waals surface area contributed by atoms with Gasteiger partial charge < -0.3 is 14.4 Å². The first-order chi connectivity index (χ1) is 14.2. The smallest absolute Gasteiger partial charge is 0.337 e. The fourth-order valence-electron chi connectivity index (χ4n) is 3.81. The summed E-state index contributed by atoms with van der Waals surface area (Å²) in [6.45, 7) is 5.56. The number of amides is 1. The second kappa shape index (κ2) is 8.30. The average Bonchev–Trinajstić information content (AvgIpc) is 2.95. The highest BCUT2D eigenvalue weighted by molar-refractivity contribution is 6.06. The summed E-state index contributed by atoms with van der Waals surface area (Å²) in [5, 5.41) is 0. The highest BCUT2D eigenvalue weighted by atomic mass is 16.6. The van der Waals surface area contributed by atoms with Crippen LogP contribution in [0.3, 0.4) is 0 Å². The average molecular weight is 409 g/mol. The van der Waals surface area contributed by atoms with Crippen LogP contribution in [-0.2, 0) is 31.1 Å². The maximum absolute atomic E-state index is 13.6. The highest BCUT2D eigenvalue weighted by Crippen LogP contribution is 2.45. The summed E-state index contributed by atoms with van der Waals surface area (Å²) in [6.07, 6.45) is 0.0484. The number of benzene rings is 2. The van der Waals surface area contributed by atoms with Gasteiger partial charge in [0.25, 0.3) is 5.91 Å². The quantitative estimate of drug-likeness (QED) is 0.678. The first-order valence-corrected chi connectivity index (χ1v) is 9.95. The summed E-state index contributed by atoms with van der Waals surface area (Å²) >= 11 is 0. The van der Waals surface area contributed by atoms with Crippen molar-refractivity contribution in [2.24, 2.45) is 0 Å². The lowest BCUT2D eigenvalue weighted by atomic mass is 9.84. The van der Waals surface area contributed by atoms with Crippen LogP contribution in [-0.4, -0.2) is 35.5 Å². The molecule has 2 aromatic rings. The summed E-state index contributed by atoms with van der Waals surface area (Å²) in [4.78, 5) is 40.6. The number of rotatable bonds is 6. The van der Waals surface area contributed by atoms with Gasteiger partial charge in [-0.1, -0.05) is 48.5 Å². The summed E-state index contributed by atoms with van der Waals surface area (Å²) in [5.41, 5.74) is -0.280. The zero-order valence-corrected chi connectivity index (χ0v) is 17.8. The molecule has 0 saturated carbocycles. The van der Waals surface area contributed by atoms with E-state index in [2.05, 4.69) is 0 Å². The van der Waals surface area contributed by atoms with Crippen LogP contribution in [0.5, 0.6) is 0 Å². The number of ether oxygens (including phenoxy) is 2. The van der Waals surface area contributed by atoms with Gasteiger partial charge in [0.05, 0.1) is 7.11 Å². The topological polar surface area (TPSA) is 72.9 Å². The molecule has 0 aliphatic carbocycles. The van der Waals surface area contributed by atoms with E-state index in [1.165, 1.54) is 12.0 Å². The lowest BCUT2D eigenvalue weighted by Crippen LogP contribution is -2.52. The third-order valence-electron chi connectivity index (χ3n) is 5.15. The molecule has 0 N–H and O–H groups in total. The van der Waals surface area contributed by atoms with E-state index in [-0.39, 0.29) is 25.3 Å². The van der Waals surface area contributed by atoms with Crippen molar-refractivity contribution in [3.8, 4) is 0 Å². The Balaban J connectivity index is 2.14. The molecule has 0 radical (unpaired) electrons. The SMILES string of the molecule is COC(=O)CCC1(C(=O)OC(C)(C)C)c2ccccc2C(=O)N1Cc1ccccc1. The monoisotopic (exact) mass is 409 g/mol. The molecule has 30 heavy (non-hydrogen) atoms. The van der Waals surface area contributed by atoms with Crippen molar-refractivity contribution in [3.63, 3.8) is 0 Å². The maximum Gasteiger partial charge on any atom is 0.337 e. The van der Waals surface area contributed by atoms with Crippen LogP contribution in [0.4, 0.5) is 0 Å². The van der Waals surface area contributed by atoms with E-state index in [1.807, 2.05) is 30.3 Å². The molecule has 0 spiro atoms. The lowest BCUT2D eigenvalue weighted by molar-refractivity contribution is -0.170. The van der Waals surface area contributed by atoms with Gasteiger partial charge in [0, 0.05) is 24.1 Å². The van der Waals surface area contributed by atoms with Crippen molar-refractivity contribution < 1.29 is 23.9 Å². The lowest BCUT2D eigenvalue weighted by Gasteiger charge is -2.39. The van der Waals surface area contributed by atoms with Crippen molar-refractivity contribution in [3.05, 3.63) is 71.3 Å². The van der Waals surface area contributed by atoms with E-state index in [4.69, 9.17) is 9.47 Å². The summed E-state index contributed by atoms with van der Waals surface area (Å²) < 4.78 is 10.6. The zero-order chi connectivity index (χ0) is 21.9. The van der Waals surface area contributed by atoms with Gasteiger partial charge >= 0.3 is 11.9 Å². The minimum Gasteiger partial charge on any atom is -0.469 e. The number of carbonyl (C=O) groups is 3. The molecule has 3 rings (SSSR count). The van der Waals surface area contributed by atoms with Gasteiger partial charge in [-0.25, -0.2) is 4.79 Å². The van der Waals surface area contributed by atoms with E-state index in [0.29, 0.717) is 11.1 Å². The Kier molecular flexibility index (Phi) is 5.97. The molecule has 2 aromatic carbocycles. The van der Waals surface area contributed by atoms with Crippen molar-refractivity contribution >= 4 is 17.8 Å². The van der Waals surface area contributed by atoms with E-state index in [9.17, 15) is 14.4 Å². The second-order valence-electron chi connectivity index (χ2n) is 8.36. The number of methoxy groups -OCH3 is 1. The summed E-state index contributed by atoms with van der Waals surface area (Å²) in [5.74, 6) is -1.26. The number of nitrogens with zero attached hydrogens (tertiary/aromatic N) is 1. The molecule has 1 aliphatic heterocycles. The van der Waals surface area contributed by atoms with Crippen LogP contribution in [0, 0.1) is 0 Å². The fraction of sp³-hybridized carbons (Fsp3) is 0.375. The van der Waals surface area contributed by atoms with Crippen LogP contribution < -0.4 is 0 Å². The second-order valence-corrected chi connectivity index (χ2v) is 8.36. The molecule has 1 amide bonds. The minimum atomic E-state index is -1.41. The summed E-state index contributed by atoms with van der Waals surface area (Å²) in [6, 6.07) is 16.5. The minimum absolute atomic E-state index is 0.0252. The van der Waals surface area contributed by atoms with Gasteiger partial charge in [-0.2, -0.15) is 0 Å². The Morgan fingerprint density at radius 3 is 2.27 bits per heavy atom. The van der Waals surface area contributed by atoms with Crippen LogP contribution in [0.1, 0.15) is 55.1 Å². The molecular weight excluding hydrogens is 382 g/mol. The van der Waals surface area contributed by atoms with Gasteiger partial charge in [-0.15, -0.1) is 0 Å². The molecule has 0 aromatic heterocycles. The molecule has 1 aliphatic rings. The van der Waals surface area contributed by atoms with Gasteiger partial charge in [0.1, 0.15) is 5.60 Å². The van der Waals surface area contributed by atoms with Crippen molar-refractivity contribution in [1.29, 1.82) is 0 Å².